The van der Waals surface area contributed by atoms with Gasteiger partial charge in [0.1, 0.15) is 0 Å². The summed E-state index contributed by atoms with van der Waals surface area (Å²) in [5, 5.41) is 4.31. The molecule has 1 unspecified atom stereocenters. The molecule has 0 aromatic heterocycles. The van der Waals surface area contributed by atoms with Crippen molar-refractivity contribution in [2.75, 3.05) is 0 Å². The fourth-order valence-electron chi connectivity index (χ4n) is 0.899. The van der Waals surface area contributed by atoms with Crippen molar-refractivity contribution in [3.63, 3.8) is 0 Å². The molecule has 3 heterocycles. The van der Waals surface area contributed by atoms with E-state index in [1.165, 1.54) is 0 Å². The Morgan fingerprint density at radius 2 is 2.45 bits per heavy atom. The maximum absolute atomic E-state index is 10.9. The molecule has 0 spiro atoms. The van der Waals surface area contributed by atoms with Crippen LogP contribution < -0.4 is 16.4 Å². The van der Waals surface area contributed by atoms with Gasteiger partial charge in [0.05, 0.1) is 0 Å². The Bertz CT molecular complexity index is 285. The summed E-state index contributed by atoms with van der Waals surface area (Å²) >= 11 is 0. The molecule has 3 rings (SSSR count). The summed E-state index contributed by atoms with van der Waals surface area (Å²) < 4.78 is 4.74. The smallest absolute Gasteiger partial charge is 0.372 e. The number of hydrogen-bond donors (Lipinski definition) is 3. The van der Waals surface area contributed by atoms with Crippen molar-refractivity contribution in [1.82, 2.24) is 10.6 Å². The highest BCUT2D eigenvalue weighted by atomic mass is 16.6. The maximum atomic E-state index is 10.9. The minimum absolute atomic E-state index is 0.115. The molecule has 0 aromatic rings. The van der Waals surface area contributed by atoms with Crippen molar-refractivity contribution in [3.05, 3.63) is 0 Å². The van der Waals surface area contributed by atoms with E-state index >= 15 is 0 Å². The number of urea groups is 1. The van der Waals surface area contributed by atoms with Gasteiger partial charge in [0.2, 0.25) is 0 Å². The zero-order valence-electron chi connectivity index (χ0n) is 5.25. The van der Waals surface area contributed by atoms with Crippen molar-refractivity contribution in [2.45, 2.75) is 5.85 Å². The molecule has 0 aromatic carbocycles. The lowest BCUT2D eigenvalue weighted by Crippen LogP contribution is -2.56. The van der Waals surface area contributed by atoms with E-state index < -0.39 is 17.8 Å². The Morgan fingerprint density at radius 3 is 2.82 bits per heavy atom. The summed E-state index contributed by atoms with van der Waals surface area (Å²) in [5.41, 5.74) is 4.77. The predicted molar refractivity (Wildman–Crippen MR) is 32.1 cm³/mol. The van der Waals surface area contributed by atoms with E-state index in [2.05, 4.69) is 15.6 Å². The second-order valence-corrected chi connectivity index (χ2v) is 2.11. The van der Waals surface area contributed by atoms with Crippen molar-refractivity contribution >= 4 is 18.0 Å². The van der Waals surface area contributed by atoms with Gasteiger partial charge in [-0.2, -0.15) is 4.99 Å². The zero-order valence-corrected chi connectivity index (χ0v) is 5.25. The minimum atomic E-state index is -1.57. The van der Waals surface area contributed by atoms with Crippen molar-refractivity contribution in [3.8, 4) is 0 Å². The van der Waals surface area contributed by atoms with Gasteiger partial charge >= 0.3 is 23.8 Å². The van der Waals surface area contributed by atoms with Crippen LogP contribution in [-0.2, 0) is 9.53 Å². The maximum Gasteiger partial charge on any atom is 0.372 e. The lowest BCUT2D eigenvalue weighted by molar-refractivity contribution is -0.133. The largest absolute Gasteiger partial charge is 0.408 e. The van der Waals surface area contributed by atoms with E-state index in [0.717, 1.165) is 0 Å². The molecule has 3 aliphatic heterocycles. The molecule has 7 heteroatoms. The highest BCUT2D eigenvalue weighted by molar-refractivity contribution is 6.11. The van der Waals surface area contributed by atoms with Crippen LogP contribution in [0, 0.1) is 0 Å². The molecule has 1 saturated heterocycles. The summed E-state index contributed by atoms with van der Waals surface area (Å²) in [6.07, 6.45) is 0. The van der Waals surface area contributed by atoms with Crippen LogP contribution in [0.3, 0.4) is 0 Å². The van der Waals surface area contributed by atoms with Gasteiger partial charge in [-0.05, 0) is 0 Å². The number of primary amides is 1. The molecule has 11 heavy (non-hydrogen) atoms. The quantitative estimate of drug-likeness (QED) is 0.402. The first-order valence-corrected chi connectivity index (χ1v) is 2.80. The first kappa shape index (κ1) is 5.96. The Labute approximate surface area is 60.6 Å². The fourth-order valence-corrected chi connectivity index (χ4v) is 0.899. The molecule has 1 atom stereocenters. The van der Waals surface area contributed by atoms with Crippen molar-refractivity contribution in [2.24, 2.45) is 10.7 Å². The Balaban J connectivity index is 2.20. The molecular weight excluding hydrogens is 152 g/mol. The number of ether oxygens (including phenoxy) is 1. The van der Waals surface area contributed by atoms with Gasteiger partial charge in [0, 0.05) is 0 Å². The standard InChI is InChI=1S/C4H4N4O3/c5-2(10)7-4-1(9)6-3(8-4)11-4/h(H3,5,7,10)(H,6,8,9). The van der Waals surface area contributed by atoms with Gasteiger partial charge in [-0.3, -0.25) is 15.4 Å². The van der Waals surface area contributed by atoms with Gasteiger partial charge in [0.25, 0.3) is 0 Å². The van der Waals surface area contributed by atoms with Gasteiger partial charge in [-0.15, -0.1) is 0 Å². The molecule has 3 amide bonds. The molecule has 0 radical (unpaired) electrons. The lowest BCUT2D eigenvalue weighted by atomic mass is 10.4. The van der Waals surface area contributed by atoms with Crippen LogP contribution in [0.15, 0.2) is 4.99 Å². The molecule has 2 bridgehead atoms. The summed E-state index contributed by atoms with van der Waals surface area (Å²) in [4.78, 5) is 24.8. The number of fused-ring (bicyclic) bond motifs is 1. The topological polar surface area (TPSA) is 106 Å². The van der Waals surface area contributed by atoms with E-state index in [4.69, 9.17) is 10.5 Å². The second kappa shape index (κ2) is 1.44. The fraction of sp³-hybridized carbons (Fsp3) is 0.250. The van der Waals surface area contributed by atoms with Gasteiger partial charge < -0.3 is 10.5 Å². The van der Waals surface area contributed by atoms with E-state index in [1.54, 1.807) is 0 Å². The van der Waals surface area contributed by atoms with Crippen LogP contribution in [0.25, 0.3) is 0 Å². The third-order valence-corrected chi connectivity index (χ3v) is 1.32. The van der Waals surface area contributed by atoms with Gasteiger partial charge in [0.15, 0.2) is 0 Å². The monoisotopic (exact) mass is 156 g/mol. The molecule has 7 nitrogen and oxygen atoms in total. The SMILES string of the molecule is NC(=O)NC12N=C(NC1=O)O2. The van der Waals surface area contributed by atoms with Crippen LogP contribution in [0.4, 0.5) is 4.79 Å². The average Bonchev–Trinajstić information content (AvgIpc) is 2.17. The molecule has 0 aliphatic carbocycles. The Morgan fingerprint density at radius 1 is 1.82 bits per heavy atom. The van der Waals surface area contributed by atoms with E-state index in [0.29, 0.717) is 0 Å². The molecule has 4 N–H and O–H groups in total. The number of nitrogens with zero attached hydrogens (tertiary/aromatic N) is 1. The normalized spacial score (nSPS) is 31.3. The number of amides is 3. The summed E-state index contributed by atoms with van der Waals surface area (Å²) in [6.45, 7) is 0. The minimum Gasteiger partial charge on any atom is -0.408 e. The third-order valence-electron chi connectivity index (χ3n) is 1.32. The number of hydrogen-bond acceptors (Lipinski definition) is 4. The number of nitrogens with one attached hydrogen (secondary N) is 2. The highest BCUT2D eigenvalue weighted by Gasteiger charge is 2.58. The molecule has 58 valence electrons. The number of carbonyl (C=O) groups is 2. The summed E-state index contributed by atoms with van der Waals surface area (Å²) in [5.74, 6) is -2.09. The number of carbonyl (C=O) groups excluding carboxylic acids is 2. The first-order valence-electron chi connectivity index (χ1n) is 2.80. The van der Waals surface area contributed by atoms with Crippen LogP contribution in [0.5, 0.6) is 0 Å². The van der Waals surface area contributed by atoms with Gasteiger partial charge in [-0.25, -0.2) is 4.79 Å². The van der Waals surface area contributed by atoms with Crippen LogP contribution >= 0.6 is 0 Å². The Kier molecular flexibility index (Phi) is 0.780. The molecule has 3 aliphatic rings. The van der Waals surface area contributed by atoms with E-state index in [1.807, 2.05) is 0 Å². The first-order chi connectivity index (χ1) is 5.12. The van der Waals surface area contributed by atoms with E-state index in [9.17, 15) is 9.59 Å². The number of rotatable bonds is 1. The third kappa shape index (κ3) is 0.588. The van der Waals surface area contributed by atoms with Crippen molar-refractivity contribution in [1.29, 1.82) is 0 Å². The van der Waals surface area contributed by atoms with Gasteiger partial charge in [-0.1, -0.05) is 0 Å². The number of nitrogens with two attached hydrogens (primary N) is 1. The van der Waals surface area contributed by atoms with Crippen LogP contribution in [-0.4, -0.2) is 23.8 Å². The highest BCUT2D eigenvalue weighted by Crippen LogP contribution is 2.25. The summed E-state index contributed by atoms with van der Waals surface area (Å²) in [7, 11) is 0. The lowest BCUT2D eigenvalue weighted by Gasteiger charge is -2.24. The number of aliphatic imine (C=N–C) groups is 1. The van der Waals surface area contributed by atoms with Crippen LogP contribution in [0.1, 0.15) is 0 Å². The second-order valence-electron chi connectivity index (χ2n) is 2.11. The molecular formula is C4H4N4O3. The van der Waals surface area contributed by atoms with Crippen molar-refractivity contribution < 1.29 is 14.3 Å². The molecule has 1 fully saturated rings. The number of amidine groups is 1. The summed E-state index contributed by atoms with van der Waals surface area (Å²) in [6, 6.07) is -0.742. The van der Waals surface area contributed by atoms with Crippen LogP contribution in [0.2, 0.25) is 0 Å². The molecule has 0 saturated carbocycles. The van der Waals surface area contributed by atoms with E-state index in [-0.39, 0.29) is 6.02 Å². The zero-order chi connectivity index (χ0) is 8.06. The Hall–Kier alpha value is -1.79. The average molecular weight is 156 g/mol. The predicted octanol–water partition coefficient (Wildman–Crippen LogP) is -2.18.